The number of ether oxygens (including phenoxy) is 1. The van der Waals surface area contributed by atoms with Crippen LogP contribution in [0.5, 0.6) is 5.75 Å². The van der Waals surface area contributed by atoms with E-state index >= 15 is 0 Å². The number of nitrogens with two attached hydrogens (primary N) is 1. The lowest BCUT2D eigenvalue weighted by molar-refractivity contribution is -0.117. The lowest BCUT2D eigenvalue weighted by Gasteiger charge is -2.12. The van der Waals surface area contributed by atoms with Gasteiger partial charge in [-0.3, -0.25) is 4.79 Å². The first-order chi connectivity index (χ1) is 9.43. The predicted octanol–water partition coefficient (Wildman–Crippen LogP) is 2.45. The van der Waals surface area contributed by atoms with Gasteiger partial charge in [0.25, 0.3) is 0 Å². The van der Waals surface area contributed by atoms with Gasteiger partial charge >= 0.3 is 6.61 Å². The second kappa shape index (κ2) is 8.01. The first-order valence-electron chi connectivity index (χ1n) is 5.73. The van der Waals surface area contributed by atoms with Gasteiger partial charge in [0.05, 0.1) is 6.04 Å². The summed E-state index contributed by atoms with van der Waals surface area (Å²) in [5, 5.41) is 2.42. The van der Waals surface area contributed by atoms with Crippen molar-refractivity contribution in [2.45, 2.75) is 19.1 Å². The molecule has 0 unspecified atom stereocenters. The molecule has 0 spiro atoms. The van der Waals surface area contributed by atoms with Crippen LogP contribution in [0.25, 0.3) is 0 Å². The maximum atomic E-state index is 13.4. The molecular formula is C12H15F3N2O2S. The number of alkyl halides is 2. The molecule has 0 saturated heterocycles. The van der Waals surface area contributed by atoms with Gasteiger partial charge in [-0.1, -0.05) is 0 Å². The Morgan fingerprint density at radius 2 is 2.20 bits per heavy atom. The van der Waals surface area contributed by atoms with Crippen LogP contribution in [0, 0.1) is 5.82 Å². The summed E-state index contributed by atoms with van der Waals surface area (Å²) < 4.78 is 41.3. The fraction of sp³-hybridized carbons (Fsp3) is 0.417. The van der Waals surface area contributed by atoms with Crippen molar-refractivity contribution in [2.24, 2.45) is 5.73 Å². The molecule has 1 amide bonds. The lowest BCUT2D eigenvalue weighted by atomic mass is 10.2. The van der Waals surface area contributed by atoms with E-state index in [1.807, 2.05) is 6.26 Å². The number of nitrogens with one attached hydrogen (secondary N) is 1. The number of halogens is 3. The van der Waals surface area contributed by atoms with Crippen molar-refractivity contribution < 1.29 is 22.7 Å². The van der Waals surface area contributed by atoms with Crippen molar-refractivity contribution in [1.29, 1.82) is 0 Å². The average Bonchev–Trinajstić information content (AvgIpc) is 2.38. The van der Waals surface area contributed by atoms with Gasteiger partial charge in [0.1, 0.15) is 0 Å². The molecule has 1 atom stereocenters. The highest BCUT2D eigenvalue weighted by molar-refractivity contribution is 7.98. The van der Waals surface area contributed by atoms with E-state index in [1.54, 1.807) is 11.8 Å². The molecule has 8 heteroatoms. The highest BCUT2D eigenvalue weighted by Crippen LogP contribution is 2.22. The second-order valence-corrected chi connectivity index (χ2v) is 4.89. The van der Waals surface area contributed by atoms with Gasteiger partial charge in [-0.05, 0) is 30.6 Å². The molecule has 4 nitrogen and oxygen atoms in total. The van der Waals surface area contributed by atoms with Gasteiger partial charge in [0.2, 0.25) is 5.91 Å². The van der Waals surface area contributed by atoms with Gasteiger partial charge in [-0.15, -0.1) is 0 Å². The molecule has 3 N–H and O–H groups in total. The van der Waals surface area contributed by atoms with E-state index in [-0.39, 0.29) is 5.69 Å². The van der Waals surface area contributed by atoms with Gasteiger partial charge in [0, 0.05) is 11.8 Å². The maximum Gasteiger partial charge on any atom is 0.387 e. The third-order valence-corrected chi connectivity index (χ3v) is 3.03. The Morgan fingerprint density at radius 3 is 2.75 bits per heavy atom. The molecule has 0 aliphatic rings. The largest absolute Gasteiger partial charge is 0.432 e. The molecule has 0 bridgehead atoms. The molecule has 20 heavy (non-hydrogen) atoms. The number of benzene rings is 1. The zero-order chi connectivity index (χ0) is 15.1. The third-order valence-electron chi connectivity index (χ3n) is 2.39. The van der Waals surface area contributed by atoms with Crippen molar-refractivity contribution in [2.75, 3.05) is 17.3 Å². The number of rotatable bonds is 7. The normalized spacial score (nSPS) is 12.3. The summed E-state index contributed by atoms with van der Waals surface area (Å²) in [6, 6.07) is 2.48. The van der Waals surface area contributed by atoms with Crippen molar-refractivity contribution in [3.05, 3.63) is 24.0 Å². The number of anilines is 1. The quantitative estimate of drug-likeness (QED) is 0.812. The van der Waals surface area contributed by atoms with Crippen LogP contribution in [0.2, 0.25) is 0 Å². The standard InChI is InChI=1S/C12H15F3N2O2S/c1-20-5-4-9(16)11(18)17-7-2-3-10(8(13)6-7)19-12(14)15/h2-3,6,9,12H,4-5,16H2,1H3,(H,17,18)/t9-/m0/s1. The average molecular weight is 308 g/mol. The van der Waals surface area contributed by atoms with Gasteiger partial charge in [-0.2, -0.15) is 20.5 Å². The van der Waals surface area contributed by atoms with Gasteiger partial charge < -0.3 is 15.8 Å². The Bertz CT molecular complexity index is 460. The number of hydrogen-bond acceptors (Lipinski definition) is 4. The monoisotopic (exact) mass is 308 g/mol. The summed E-state index contributed by atoms with van der Waals surface area (Å²) in [6.45, 7) is -3.11. The van der Waals surface area contributed by atoms with Crippen LogP contribution in [0.15, 0.2) is 18.2 Å². The van der Waals surface area contributed by atoms with Crippen LogP contribution in [-0.2, 0) is 4.79 Å². The zero-order valence-corrected chi connectivity index (χ0v) is 11.6. The number of thioether (sulfide) groups is 1. The molecule has 0 aliphatic heterocycles. The minimum atomic E-state index is -3.11. The fourth-order valence-electron chi connectivity index (χ4n) is 1.38. The van der Waals surface area contributed by atoms with Crippen molar-refractivity contribution in [3.63, 3.8) is 0 Å². The fourth-order valence-corrected chi connectivity index (χ4v) is 1.87. The molecular weight excluding hydrogens is 293 g/mol. The number of carbonyl (C=O) groups is 1. The summed E-state index contributed by atoms with van der Waals surface area (Å²) in [7, 11) is 0. The van der Waals surface area contributed by atoms with Crippen molar-refractivity contribution in [3.8, 4) is 5.75 Å². The van der Waals surface area contributed by atoms with Crippen LogP contribution >= 0.6 is 11.8 Å². The Morgan fingerprint density at radius 1 is 1.50 bits per heavy atom. The number of hydrogen-bond donors (Lipinski definition) is 2. The van der Waals surface area contributed by atoms with E-state index < -0.39 is 30.1 Å². The Labute approximate surface area is 118 Å². The number of carbonyl (C=O) groups excluding carboxylic acids is 1. The summed E-state index contributed by atoms with van der Waals surface area (Å²) in [5.41, 5.74) is 5.78. The molecule has 0 fully saturated rings. The van der Waals surface area contributed by atoms with E-state index in [1.165, 1.54) is 6.07 Å². The summed E-state index contributed by atoms with van der Waals surface area (Å²) in [4.78, 5) is 11.7. The smallest absolute Gasteiger partial charge is 0.387 e. The zero-order valence-electron chi connectivity index (χ0n) is 10.7. The first-order valence-corrected chi connectivity index (χ1v) is 7.13. The topological polar surface area (TPSA) is 64.4 Å². The van der Waals surface area contributed by atoms with Gasteiger partial charge in [-0.25, -0.2) is 4.39 Å². The Hall–Kier alpha value is -1.41. The summed E-state index contributed by atoms with van der Waals surface area (Å²) >= 11 is 1.56. The van der Waals surface area contributed by atoms with Crippen LogP contribution in [0.1, 0.15) is 6.42 Å². The van der Waals surface area contributed by atoms with Gasteiger partial charge in [0.15, 0.2) is 11.6 Å². The summed E-state index contributed by atoms with van der Waals surface area (Å²) in [5.74, 6) is -1.30. The molecule has 0 heterocycles. The van der Waals surface area contributed by atoms with Crippen molar-refractivity contribution >= 4 is 23.4 Å². The van der Waals surface area contributed by atoms with Crippen LogP contribution in [0.4, 0.5) is 18.9 Å². The number of amides is 1. The predicted molar refractivity (Wildman–Crippen MR) is 72.6 cm³/mol. The molecule has 0 radical (unpaired) electrons. The molecule has 1 aromatic carbocycles. The molecule has 0 aliphatic carbocycles. The van der Waals surface area contributed by atoms with Crippen LogP contribution < -0.4 is 15.8 Å². The maximum absolute atomic E-state index is 13.4. The highest BCUT2D eigenvalue weighted by Gasteiger charge is 2.15. The molecule has 112 valence electrons. The molecule has 1 rings (SSSR count). The first kappa shape index (κ1) is 16.6. The minimum Gasteiger partial charge on any atom is -0.432 e. The second-order valence-electron chi connectivity index (χ2n) is 3.90. The molecule has 0 aromatic heterocycles. The van der Waals surface area contributed by atoms with Crippen molar-refractivity contribution in [1.82, 2.24) is 0 Å². The molecule has 1 aromatic rings. The third kappa shape index (κ3) is 5.30. The minimum absolute atomic E-state index is 0.133. The van der Waals surface area contributed by atoms with E-state index in [0.29, 0.717) is 6.42 Å². The summed E-state index contributed by atoms with van der Waals surface area (Å²) in [6.07, 6.45) is 2.38. The van der Waals surface area contributed by atoms with Crippen LogP contribution in [0.3, 0.4) is 0 Å². The molecule has 0 saturated carbocycles. The Kier molecular flexibility index (Phi) is 6.66. The Balaban J connectivity index is 2.64. The van der Waals surface area contributed by atoms with E-state index in [0.717, 1.165) is 17.9 Å². The SMILES string of the molecule is CSCC[C@H](N)C(=O)Nc1ccc(OC(F)F)c(F)c1. The highest BCUT2D eigenvalue weighted by atomic mass is 32.2. The van der Waals surface area contributed by atoms with E-state index in [9.17, 15) is 18.0 Å². The van der Waals surface area contributed by atoms with E-state index in [2.05, 4.69) is 10.1 Å². The van der Waals surface area contributed by atoms with E-state index in [4.69, 9.17) is 5.73 Å². The van der Waals surface area contributed by atoms with Crippen LogP contribution in [-0.4, -0.2) is 30.6 Å². The lowest BCUT2D eigenvalue weighted by Crippen LogP contribution is -2.36.